The summed E-state index contributed by atoms with van der Waals surface area (Å²) < 4.78 is 5.60. The summed E-state index contributed by atoms with van der Waals surface area (Å²) in [5.41, 5.74) is 0.798. The van der Waals surface area contributed by atoms with Gasteiger partial charge in [-0.3, -0.25) is 4.79 Å². The van der Waals surface area contributed by atoms with E-state index in [1.165, 1.54) is 4.90 Å². The van der Waals surface area contributed by atoms with Crippen LogP contribution in [0.5, 0.6) is 0 Å². The third-order valence-corrected chi connectivity index (χ3v) is 3.67. The zero-order valence-electron chi connectivity index (χ0n) is 10.5. The first-order chi connectivity index (χ1) is 9.59. The molecule has 0 spiro atoms. The molecule has 0 aromatic heterocycles. The van der Waals surface area contributed by atoms with Crippen LogP contribution in [-0.4, -0.2) is 51.9 Å². The lowest BCUT2D eigenvalue weighted by Gasteiger charge is -2.23. The first kappa shape index (κ1) is 12.9. The number of fused-ring (bicyclic) bond motifs is 1. The Morgan fingerprint density at radius 3 is 2.70 bits per heavy atom. The highest BCUT2D eigenvalue weighted by atomic mass is 16.5. The number of rotatable bonds is 2. The van der Waals surface area contributed by atoms with Crippen molar-refractivity contribution in [2.45, 2.75) is 24.4 Å². The van der Waals surface area contributed by atoms with Crippen molar-refractivity contribution >= 4 is 12.0 Å². The van der Waals surface area contributed by atoms with Crippen LogP contribution >= 0.6 is 0 Å². The van der Waals surface area contributed by atoms with Gasteiger partial charge in [-0.05, 0) is 0 Å². The predicted molar refractivity (Wildman–Crippen MR) is 66.7 cm³/mol. The Bertz CT molecular complexity index is 535. The minimum atomic E-state index is -1.37. The molecule has 0 aliphatic carbocycles. The molecule has 2 saturated heterocycles. The van der Waals surface area contributed by atoms with Crippen molar-refractivity contribution in [2.75, 3.05) is 6.61 Å². The van der Waals surface area contributed by atoms with E-state index in [1.54, 1.807) is 0 Å². The molecule has 1 aromatic carbocycles. The Hall–Kier alpha value is -2.12. The molecule has 7 heteroatoms. The molecule has 3 N–H and O–H groups in total. The van der Waals surface area contributed by atoms with E-state index in [-0.39, 0.29) is 6.61 Å². The smallest absolute Gasteiger partial charge is 0.405 e. The standard InChI is InChI=1S/C13H14N2O5/c16-10-9(14-13(18)19)8-6-20-12(15(8)11(10)17)7-4-2-1-3-5-7/h1-5,8-10,12,14,16H,6H2,(H,18,19)/t8-,9-,10-,12-/m0/s1. The summed E-state index contributed by atoms with van der Waals surface area (Å²) in [6.45, 7) is 0.188. The molecule has 0 saturated carbocycles. The molecule has 20 heavy (non-hydrogen) atoms. The van der Waals surface area contributed by atoms with Gasteiger partial charge in [-0.15, -0.1) is 0 Å². The average molecular weight is 278 g/mol. The molecule has 7 nitrogen and oxygen atoms in total. The van der Waals surface area contributed by atoms with Crippen LogP contribution in [0.2, 0.25) is 0 Å². The Morgan fingerprint density at radius 2 is 2.05 bits per heavy atom. The fraction of sp³-hybridized carbons (Fsp3) is 0.385. The number of aliphatic hydroxyl groups is 1. The van der Waals surface area contributed by atoms with Crippen LogP contribution in [0.4, 0.5) is 4.79 Å². The largest absolute Gasteiger partial charge is 0.465 e. The van der Waals surface area contributed by atoms with Gasteiger partial charge < -0.3 is 25.2 Å². The van der Waals surface area contributed by atoms with Crippen molar-refractivity contribution in [3.05, 3.63) is 35.9 Å². The van der Waals surface area contributed by atoms with E-state index in [4.69, 9.17) is 9.84 Å². The Kier molecular flexibility index (Phi) is 3.07. The molecule has 2 heterocycles. The van der Waals surface area contributed by atoms with E-state index in [0.717, 1.165) is 5.56 Å². The number of nitrogens with zero attached hydrogens (tertiary/aromatic N) is 1. The summed E-state index contributed by atoms with van der Waals surface area (Å²) in [5.74, 6) is -0.514. The average Bonchev–Trinajstić information content (AvgIpc) is 2.96. The van der Waals surface area contributed by atoms with Crippen molar-refractivity contribution in [1.82, 2.24) is 10.2 Å². The summed E-state index contributed by atoms with van der Waals surface area (Å²) in [4.78, 5) is 24.3. The second-order valence-electron chi connectivity index (χ2n) is 4.83. The van der Waals surface area contributed by atoms with Gasteiger partial charge in [0.15, 0.2) is 12.3 Å². The molecule has 106 valence electrons. The highest BCUT2D eigenvalue weighted by molar-refractivity contribution is 5.86. The molecule has 4 atom stereocenters. The number of carbonyl (C=O) groups is 2. The van der Waals surface area contributed by atoms with Gasteiger partial charge in [-0.25, -0.2) is 4.79 Å². The second-order valence-corrected chi connectivity index (χ2v) is 4.83. The third-order valence-electron chi connectivity index (χ3n) is 3.67. The van der Waals surface area contributed by atoms with Gasteiger partial charge in [0, 0.05) is 5.56 Å². The lowest BCUT2D eigenvalue weighted by atomic mass is 10.1. The van der Waals surface area contributed by atoms with Crippen LogP contribution in [0.1, 0.15) is 11.8 Å². The molecule has 2 amide bonds. The Balaban J connectivity index is 1.88. The summed E-state index contributed by atoms with van der Waals surface area (Å²) in [5, 5.41) is 20.9. The topological polar surface area (TPSA) is 99.1 Å². The zero-order valence-corrected chi connectivity index (χ0v) is 10.5. The highest BCUT2D eigenvalue weighted by Crippen LogP contribution is 2.37. The number of hydrogen-bond acceptors (Lipinski definition) is 4. The van der Waals surface area contributed by atoms with Gasteiger partial charge in [0.05, 0.1) is 18.7 Å². The number of benzene rings is 1. The van der Waals surface area contributed by atoms with Gasteiger partial charge in [-0.1, -0.05) is 30.3 Å². The van der Waals surface area contributed by atoms with Crippen molar-refractivity contribution in [3.8, 4) is 0 Å². The van der Waals surface area contributed by atoms with Crippen LogP contribution in [0, 0.1) is 0 Å². The Morgan fingerprint density at radius 1 is 1.35 bits per heavy atom. The van der Waals surface area contributed by atoms with E-state index in [2.05, 4.69) is 5.32 Å². The zero-order chi connectivity index (χ0) is 14.3. The van der Waals surface area contributed by atoms with E-state index in [0.29, 0.717) is 0 Å². The lowest BCUT2D eigenvalue weighted by molar-refractivity contribution is -0.141. The maximum absolute atomic E-state index is 12.1. The number of hydrogen-bond donors (Lipinski definition) is 3. The van der Waals surface area contributed by atoms with E-state index in [1.807, 2.05) is 30.3 Å². The molecule has 3 rings (SSSR count). The van der Waals surface area contributed by atoms with Gasteiger partial charge in [0.25, 0.3) is 5.91 Å². The van der Waals surface area contributed by atoms with Crippen molar-refractivity contribution in [2.24, 2.45) is 0 Å². The maximum atomic E-state index is 12.1. The minimum absolute atomic E-state index is 0.188. The molecule has 0 unspecified atom stereocenters. The maximum Gasteiger partial charge on any atom is 0.405 e. The van der Waals surface area contributed by atoms with Gasteiger partial charge in [0.2, 0.25) is 0 Å². The molecular formula is C13H14N2O5. The number of amides is 2. The first-order valence-corrected chi connectivity index (χ1v) is 6.26. The number of aliphatic hydroxyl groups excluding tert-OH is 1. The monoisotopic (exact) mass is 278 g/mol. The predicted octanol–water partition coefficient (Wildman–Crippen LogP) is -0.0767. The molecule has 0 radical (unpaired) electrons. The number of carbonyl (C=O) groups excluding carboxylic acids is 1. The molecule has 0 bridgehead atoms. The van der Waals surface area contributed by atoms with Crippen LogP contribution in [0.25, 0.3) is 0 Å². The normalized spacial score (nSPS) is 32.2. The van der Waals surface area contributed by atoms with Crippen LogP contribution in [0.3, 0.4) is 0 Å². The van der Waals surface area contributed by atoms with Crippen molar-refractivity contribution in [1.29, 1.82) is 0 Å². The summed E-state index contributed by atoms with van der Waals surface area (Å²) in [6, 6.07) is 7.81. The number of carboxylic acid groups (broad SMARTS) is 1. The van der Waals surface area contributed by atoms with Crippen LogP contribution < -0.4 is 5.32 Å². The number of ether oxygens (including phenoxy) is 1. The quantitative estimate of drug-likeness (QED) is 0.703. The van der Waals surface area contributed by atoms with Gasteiger partial charge in [0.1, 0.15) is 0 Å². The van der Waals surface area contributed by atoms with Crippen molar-refractivity contribution in [3.63, 3.8) is 0 Å². The molecule has 2 fully saturated rings. The fourth-order valence-corrected chi connectivity index (χ4v) is 2.79. The van der Waals surface area contributed by atoms with Gasteiger partial charge in [-0.2, -0.15) is 0 Å². The van der Waals surface area contributed by atoms with E-state index < -0.39 is 36.4 Å². The SMILES string of the molecule is O=C(O)N[C@@H]1[C@H](O)C(=O)N2[C@H](c3ccccc3)OC[C@@H]12. The molecule has 2 aliphatic heterocycles. The minimum Gasteiger partial charge on any atom is -0.465 e. The third kappa shape index (κ3) is 1.91. The van der Waals surface area contributed by atoms with Gasteiger partial charge >= 0.3 is 6.09 Å². The lowest BCUT2D eigenvalue weighted by Crippen LogP contribution is -2.48. The van der Waals surface area contributed by atoms with E-state index in [9.17, 15) is 14.7 Å². The highest BCUT2D eigenvalue weighted by Gasteiger charge is 2.54. The summed E-state index contributed by atoms with van der Waals surface area (Å²) in [6.07, 6.45) is -3.22. The van der Waals surface area contributed by atoms with Crippen LogP contribution in [0.15, 0.2) is 30.3 Å². The first-order valence-electron chi connectivity index (χ1n) is 6.26. The molecule has 2 aliphatic rings. The van der Waals surface area contributed by atoms with Crippen LogP contribution in [-0.2, 0) is 9.53 Å². The summed E-state index contributed by atoms with van der Waals surface area (Å²) >= 11 is 0. The molecular weight excluding hydrogens is 264 g/mol. The number of nitrogens with one attached hydrogen (secondary N) is 1. The van der Waals surface area contributed by atoms with Crippen molar-refractivity contribution < 1.29 is 24.5 Å². The molecule has 1 aromatic rings. The Labute approximate surface area is 114 Å². The van der Waals surface area contributed by atoms with E-state index >= 15 is 0 Å². The second kappa shape index (κ2) is 4.77. The fourth-order valence-electron chi connectivity index (χ4n) is 2.79. The summed E-state index contributed by atoms with van der Waals surface area (Å²) in [7, 11) is 0.